The van der Waals surface area contributed by atoms with Crippen LogP contribution >= 0.6 is 11.3 Å². The van der Waals surface area contributed by atoms with E-state index in [1.807, 2.05) is 11.3 Å². The van der Waals surface area contributed by atoms with Crippen molar-refractivity contribution >= 4 is 65.6 Å². The van der Waals surface area contributed by atoms with Crippen molar-refractivity contribution < 1.29 is 0 Å². The normalized spacial score (nSPS) is 20.4. The van der Waals surface area contributed by atoms with Crippen molar-refractivity contribution in [3.8, 4) is 11.1 Å². The zero-order chi connectivity index (χ0) is 40.3. The van der Waals surface area contributed by atoms with Crippen LogP contribution < -0.4 is 9.80 Å². The van der Waals surface area contributed by atoms with Crippen LogP contribution in [0.15, 0.2) is 188 Å². The number of thiophene rings is 1. The van der Waals surface area contributed by atoms with Gasteiger partial charge in [0.25, 0.3) is 0 Å². The lowest BCUT2D eigenvalue weighted by Crippen LogP contribution is -2.36. The van der Waals surface area contributed by atoms with Gasteiger partial charge in [-0.1, -0.05) is 147 Å². The molecule has 0 N–H and O–H groups in total. The summed E-state index contributed by atoms with van der Waals surface area (Å²) >= 11 is 1.91. The second-order valence-electron chi connectivity index (χ2n) is 18.4. The highest BCUT2D eigenvalue weighted by Crippen LogP contribution is 2.64. The number of para-hydroxylation sites is 3. The summed E-state index contributed by atoms with van der Waals surface area (Å²) in [5, 5.41) is 2.63. The van der Waals surface area contributed by atoms with Crippen molar-refractivity contribution in [3.63, 3.8) is 0 Å². The van der Waals surface area contributed by atoms with E-state index in [1.54, 1.807) is 0 Å². The molecule has 3 aliphatic carbocycles. The van der Waals surface area contributed by atoms with Gasteiger partial charge in [0, 0.05) is 32.5 Å². The smallest absolute Gasteiger partial charge is 0.0755 e. The van der Waals surface area contributed by atoms with Gasteiger partial charge in [0.2, 0.25) is 0 Å². The summed E-state index contributed by atoms with van der Waals surface area (Å²) in [6.45, 7) is 2.54. The fourth-order valence-corrected chi connectivity index (χ4v) is 13.8. The largest absolute Gasteiger partial charge is 0.310 e. The Hall–Kier alpha value is -6.42. The Balaban J connectivity index is 1.05. The molecular formula is C58H46N2S. The minimum absolute atomic E-state index is 0.236. The average molecular weight is 803 g/mol. The Morgan fingerprint density at radius 1 is 0.525 bits per heavy atom. The lowest BCUT2D eigenvalue weighted by Gasteiger charge is -2.45. The molecule has 61 heavy (non-hydrogen) atoms. The molecule has 1 aromatic heterocycles. The summed E-state index contributed by atoms with van der Waals surface area (Å²) in [6, 6.07) is 71.2. The Morgan fingerprint density at radius 3 is 1.89 bits per heavy atom. The first-order valence-corrected chi connectivity index (χ1v) is 23.0. The zero-order valence-electron chi connectivity index (χ0n) is 34.4. The second-order valence-corrected chi connectivity index (χ2v) is 19.4. The molecule has 4 aliphatic rings. The fraction of sp³-hybridized carbons (Fsp3) is 0.172. The fourth-order valence-electron chi connectivity index (χ4n) is 12.6. The average Bonchev–Trinajstić information content (AvgIpc) is 3.97. The first-order chi connectivity index (χ1) is 30.1. The highest BCUT2D eigenvalue weighted by molar-refractivity contribution is 7.26. The molecule has 2 bridgehead atoms. The standard InChI is InChI=1S/C58H46N2S/c1-57(36-38-26-27-39(34-38)37-57)40-28-30-42(31-29-40)59(54-24-13-18-47-46-17-6-12-25-55(46)61-56(47)54)43-32-33-45-44-16-5-7-19-48(44)58(51(45)35-43)49-20-8-10-22-52(49)60(41-14-3-2-4-15-41)53-23-11-9-21-50(53)58/h2-25,28-33,35,38-39H,26-27,34,36-37H2,1H3/t38-,39?,57?/m0/s1. The van der Waals surface area contributed by atoms with Crippen LogP contribution in [0, 0.1) is 11.8 Å². The van der Waals surface area contributed by atoms with Crippen molar-refractivity contribution in [1.82, 2.24) is 0 Å². The lowest BCUT2D eigenvalue weighted by molar-refractivity contribution is 0.232. The molecule has 1 spiro atoms. The molecule has 0 saturated heterocycles. The van der Waals surface area contributed by atoms with E-state index in [2.05, 4.69) is 205 Å². The molecule has 1 aliphatic heterocycles. The van der Waals surface area contributed by atoms with Crippen molar-refractivity contribution in [2.24, 2.45) is 11.8 Å². The Morgan fingerprint density at radius 2 is 1.13 bits per heavy atom. The monoisotopic (exact) mass is 802 g/mol. The van der Waals surface area contributed by atoms with Gasteiger partial charge in [-0.25, -0.2) is 0 Å². The molecule has 2 nitrogen and oxygen atoms in total. The van der Waals surface area contributed by atoms with Gasteiger partial charge in [-0.2, -0.15) is 0 Å². The van der Waals surface area contributed by atoms with Gasteiger partial charge in [-0.3, -0.25) is 0 Å². The predicted molar refractivity (Wildman–Crippen MR) is 257 cm³/mol. The van der Waals surface area contributed by atoms with Gasteiger partial charge < -0.3 is 9.80 Å². The summed E-state index contributed by atoms with van der Waals surface area (Å²) in [5.41, 5.74) is 16.3. The molecule has 2 fully saturated rings. The molecular weight excluding hydrogens is 757 g/mol. The number of fused-ring (bicyclic) bond motifs is 14. The van der Waals surface area contributed by atoms with E-state index in [1.165, 1.54) is 125 Å². The third kappa shape index (κ3) is 5.08. The number of rotatable bonds is 5. The topological polar surface area (TPSA) is 6.48 Å². The Kier molecular flexibility index (Phi) is 7.70. The first-order valence-electron chi connectivity index (χ1n) is 22.2. The summed E-state index contributed by atoms with van der Waals surface area (Å²) in [5.74, 6) is 1.76. The SMILES string of the molecule is CC1(c2ccc(N(c3ccc4c(c3)C3(c5ccccc5-4)c4ccccc4N(c4ccccc4)c4ccccc43)c3cccc4c3sc3ccccc34)cc2)CC2CC[C@@H](C2)C1. The van der Waals surface area contributed by atoms with Crippen LogP contribution in [-0.4, -0.2) is 0 Å². The molecule has 2 saturated carbocycles. The van der Waals surface area contributed by atoms with Crippen LogP contribution in [0.5, 0.6) is 0 Å². The van der Waals surface area contributed by atoms with Gasteiger partial charge in [-0.05, 0) is 136 Å². The van der Waals surface area contributed by atoms with Crippen molar-refractivity contribution in [1.29, 1.82) is 0 Å². The number of hydrogen-bond donors (Lipinski definition) is 0. The van der Waals surface area contributed by atoms with Crippen molar-refractivity contribution in [3.05, 3.63) is 216 Å². The molecule has 3 heteroatoms. The Bertz CT molecular complexity index is 3120. The summed E-state index contributed by atoms with van der Waals surface area (Å²) in [4.78, 5) is 5.02. The molecule has 2 unspecified atom stereocenters. The van der Waals surface area contributed by atoms with Crippen LogP contribution in [-0.2, 0) is 10.8 Å². The molecule has 0 amide bonds. The van der Waals surface area contributed by atoms with E-state index in [4.69, 9.17) is 0 Å². The van der Waals surface area contributed by atoms with Crippen molar-refractivity contribution in [2.45, 2.75) is 49.9 Å². The molecule has 9 aromatic rings. The van der Waals surface area contributed by atoms with Crippen LogP contribution in [0.3, 0.4) is 0 Å². The molecule has 2 heterocycles. The van der Waals surface area contributed by atoms with Gasteiger partial charge in [0.15, 0.2) is 0 Å². The minimum atomic E-state index is -0.533. The molecule has 8 aromatic carbocycles. The maximum absolute atomic E-state index is 2.56. The van der Waals surface area contributed by atoms with Crippen LogP contribution in [0.25, 0.3) is 31.3 Å². The maximum Gasteiger partial charge on any atom is 0.0755 e. The number of benzene rings is 8. The zero-order valence-corrected chi connectivity index (χ0v) is 35.2. The van der Waals surface area contributed by atoms with E-state index < -0.39 is 5.41 Å². The summed E-state index contributed by atoms with van der Waals surface area (Å²) in [7, 11) is 0. The Labute approximate surface area is 362 Å². The van der Waals surface area contributed by atoms with Crippen molar-refractivity contribution in [2.75, 3.05) is 9.80 Å². The van der Waals surface area contributed by atoms with Gasteiger partial charge in [-0.15, -0.1) is 11.3 Å². The van der Waals surface area contributed by atoms with Crippen LogP contribution in [0.4, 0.5) is 34.1 Å². The quantitative estimate of drug-likeness (QED) is 0.171. The maximum atomic E-state index is 2.56. The lowest BCUT2D eigenvalue weighted by atomic mass is 9.64. The molecule has 3 atom stereocenters. The van der Waals surface area contributed by atoms with E-state index in [0.29, 0.717) is 0 Å². The summed E-state index contributed by atoms with van der Waals surface area (Å²) in [6.07, 6.45) is 6.88. The minimum Gasteiger partial charge on any atom is -0.310 e. The number of anilines is 6. The van der Waals surface area contributed by atoms with Gasteiger partial charge in [0.1, 0.15) is 0 Å². The first kappa shape index (κ1) is 35.3. The highest BCUT2D eigenvalue weighted by Gasteiger charge is 2.52. The third-order valence-electron chi connectivity index (χ3n) is 15.0. The second kappa shape index (κ2) is 13.3. The molecule has 13 rings (SSSR count). The van der Waals surface area contributed by atoms with E-state index >= 15 is 0 Å². The van der Waals surface area contributed by atoms with E-state index in [-0.39, 0.29) is 5.41 Å². The third-order valence-corrected chi connectivity index (χ3v) is 16.2. The van der Waals surface area contributed by atoms with Crippen LogP contribution in [0.1, 0.15) is 66.8 Å². The van der Waals surface area contributed by atoms with Gasteiger partial charge >= 0.3 is 0 Å². The van der Waals surface area contributed by atoms with Crippen LogP contribution in [0.2, 0.25) is 0 Å². The van der Waals surface area contributed by atoms with E-state index in [0.717, 1.165) is 11.8 Å². The number of hydrogen-bond acceptors (Lipinski definition) is 3. The van der Waals surface area contributed by atoms with E-state index in [9.17, 15) is 0 Å². The molecule has 0 radical (unpaired) electrons. The number of nitrogens with zero attached hydrogens (tertiary/aromatic N) is 2. The predicted octanol–water partition coefficient (Wildman–Crippen LogP) is 16.1. The van der Waals surface area contributed by atoms with Gasteiger partial charge in [0.05, 0.1) is 27.2 Å². The molecule has 294 valence electrons. The summed E-state index contributed by atoms with van der Waals surface area (Å²) < 4.78 is 2.63. The highest BCUT2D eigenvalue weighted by atomic mass is 32.1.